The maximum atomic E-state index is 3.87. The van der Waals surface area contributed by atoms with Gasteiger partial charge in [-0.15, -0.1) is 0 Å². The minimum absolute atomic E-state index is 0.264. The highest BCUT2D eigenvalue weighted by Gasteiger charge is 2.18. The van der Waals surface area contributed by atoms with E-state index in [9.17, 15) is 0 Å². The highest BCUT2D eigenvalue weighted by Crippen LogP contribution is 2.11. The zero-order valence-electron chi connectivity index (χ0n) is 9.59. The third-order valence-electron chi connectivity index (χ3n) is 2.08. The summed E-state index contributed by atoms with van der Waals surface area (Å²) >= 11 is 0. The summed E-state index contributed by atoms with van der Waals surface area (Å²) in [6, 6.07) is 0. The highest BCUT2D eigenvalue weighted by atomic mass is 15.2. The average molecular weight is 185 g/mol. The van der Waals surface area contributed by atoms with Crippen molar-refractivity contribution in [3.05, 3.63) is 0 Å². The van der Waals surface area contributed by atoms with Gasteiger partial charge in [0.15, 0.2) is 0 Å². The lowest BCUT2D eigenvalue weighted by atomic mass is 10.1. The molecule has 0 heterocycles. The Morgan fingerprint density at radius 2 is 2.00 bits per heavy atom. The maximum Gasteiger partial charge on any atom is 0.0820 e. The van der Waals surface area contributed by atoms with Gasteiger partial charge in [0.05, 0.1) is 6.34 Å². The van der Waals surface area contributed by atoms with Crippen LogP contribution in [0.4, 0.5) is 0 Å². The summed E-state index contributed by atoms with van der Waals surface area (Å²) in [5.74, 6) is 0. The molecule has 3 heteroatoms. The second kappa shape index (κ2) is 5.97. The van der Waals surface area contributed by atoms with Gasteiger partial charge in [-0.05, 0) is 27.3 Å². The van der Waals surface area contributed by atoms with Gasteiger partial charge in [0.25, 0.3) is 0 Å². The molecule has 0 aromatic heterocycles. The summed E-state index contributed by atoms with van der Waals surface area (Å²) in [5.41, 5.74) is 0.264. The number of aliphatic imine (C=N–C) groups is 1. The molecule has 0 fully saturated rings. The summed E-state index contributed by atoms with van der Waals surface area (Å²) in [6.07, 6.45) is 1.75. The molecule has 0 aliphatic heterocycles. The second-order valence-electron chi connectivity index (χ2n) is 4.09. The Kier molecular flexibility index (Phi) is 5.71. The van der Waals surface area contributed by atoms with Gasteiger partial charge in [0, 0.05) is 25.7 Å². The van der Waals surface area contributed by atoms with E-state index in [1.165, 1.54) is 0 Å². The maximum absolute atomic E-state index is 3.87. The van der Waals surface area contributed by atoms with Crippen LogP contribution in [0.2, 0.25) is 0 Å². The first kappa shape index (κ1) is 12.4. The van der Waals surface area contributed by atoms with Crippen molar-refractivity contribution < 1.29 is 0 Å². The predicted molar refractivity (Wildman–Crippen MR) is 59.4 cm³/mol. The molecule has 0 aromatic carbocycles. The van der Waals surface area contributed by atoms with Gasteiger partial charge in [-0.2, -0.15) is 0 Å². The largest absolute Gasteiger partial charge is 0.375 e. The lowest BCUT2D eigenvalue weighted by Crippen LogP contribution is -2.44. The van der Waals surface area contributed by atoms with Gasteiger partial charge >= 0.3 is 0 Å². The molecule has 0 aromatic rings. The first-order valence-corrected chi connectivity index (χ1v) is 4.91. The lowest BCUT2D eigenvalue weighted by molar-refractivity contribution is 0.148. The molecule has 0 rings (SSSR count). The molecule has 0 amide bonds. The topological polar surface area (TPSA) is 27.6 Å². The Bertz CT molecular complexity index is 147. The van der Waals surface area contributed by atoms with Crippen LogP contribution in [0, 0.1) is 0 Å². The van der Waals surface area contributed by atoms with Crippen molar-refractivity contribution in [2.24, 2.45) is 4.99 Å². The first-order chi connectivity index (χ1) is 6.02. The van der Waals surface area contributed by atoms with E-state index < -0.39 is 0 Å². The average Bonchev–Trinajstić information content (AvgIpc) is 2.02. The molecular weight excluding hydrogens is 162 g/mol. The SMILES string of the molecule is CCN(CCNC=NC)C(C)(C)C. The molecule has 0 aliphatic carbocycles. The standard InChI is InChI=1S/C10H23N3/c1-6-13(10(2,3)4)8-7-12-9-11-5/h9H,6-8H2,1-5H3,(H,11,12). The monoisotopic (exact) mass is 185 g/mol. The van der Waals surface area contributed by atoms with Crippen molar-refractivity contribution in [1.82, 2.24) is 10.2 Å². The molecule has 3 nitrogen and oxygen atoms in total. The fourth-order valence-corrected chi connectivity index (χ4v) is 1.32. The van der Waals surface area contributed by atoms with Crippen LogP contribution in [0.5, 0.6) is 0 Å². The van der Waals surface area contributed by atoms with Crippen LogP contribution in [0.15, 0.2) is 4.99 Å². The number of hydrogen-bond acceptors (Lipinski definition) is 2. The van der Waals surface area contributed by atoms with Crippen LogP contribution in [-0.2, 0) is 0 Å². The molecule has 0 radical (unpaired) electrons. The van der Waals surface area contributed by atoms with Crippen molar-refractivity contribution in [1.29, 1.82) is 0 Å². The minimum atomic E-state index is 0.264. The van der Waals surface area contributed by atoms with E-state index in [-0.39, 0.29) is 5.54 Å². The number of nitrogens with zero attached hydrogens (tertiary/aromatic N) is 2. The van der Waals surface area contributed by atoms with E-state index in [4.69, 9.17) is 0 Å². The Morgan fingerprint density at radius 1 is 1.38 bits per heavy atom. The summed E-state index contributed by atoms with van der Waals surface area (Å²) < 4.78 is 0. The van der Waals surface area contributed by atoms with E-state index in [0.29, 0.717) is 0 Å². The zero-order chi connectivity index (χ0) is 10.3. The smallest absolute Gasteiger partial charge is 0.0820 e. The zero-order valence-corrected chi connectivity index (χ0v) is 9.59. The van der Waals surface area contributed by atoms with E-state index in [1.807, 2.05) is 0 Å². The van der Waals surface area contributed by atoms with Gasteiger partial charge < -0.3 is 5.32 Å². The summed E-state index contributed by atoms with van der Waals surface area (Å²) in [4.78, 5) is 6.30. The van der Waals surface area contributed by atoms with Gasteiger partial charge in [-0.25, -0.2) is 0 Å². The van der Waals surface area contributed by atoms with Crippen LogP contribution in [0.3, 0.4) is 0 Å². The van der Waals surface area contributed by atoms with Gasteiger partial charge in [0.2, 0.25) is 0 Å². The van der Waals surface area contributed by atoms with E-state index in [2.05, 4.69) is 42.9 Å². The number of nitrogens with one attached hydrogen (secondary N) is 1. The van der Waals surface area contributed by atoms with Gasteiger partial charge in [-0.3, -0.25) is 9.89 Å². The van der Waals surface area contributed by atoms with E-state index in [1.54, 1.807) is 13.4 Å². The van der Waals surface area contributed by atoms with Crippen molar-refractivity contribution in [2.45, 2.75) is 33.2 Å². The van der Waals surface area contributed by atoms with Crippen molar-refractivity contribution in [2.75, 3.05) is 26.7 Å². The number of likely N-dealkylation sites (N-methyl/N-ethyl adjacent to an activating group) is 1. The second-order valence-corrected chi connectivity index (χ2v) is 4.09. The molecule has 1 N–H and O–H groups in total. The molecule has 0 saturated carbocycles. The first-order valence-electron chi connectivity index (χ1n) is 4.91. The van der Waals surface area contributed by atoms with Crippen molar-refractivity contribution >= 4 is 6.34 Å². The molecule has 0 saturated heterocycles. The molecule has 0 unspecified atom stereocenters. The van der Waals surface area contributed by atoms with E-state index in [0.717, 1.165) is 19.6 Å². The Morgan fingerprint density at radius 3 is 2.38 bits per heavy atom. The van der Waals surface area contributed by atoms with Gasteiger partial charge in [-0.1, -0.05) is 6.92 Å². The predicted octanol–water partition coefficient (Wildman–Crippen LogP) is 1.35. The highest BCUT2D eigenvalue weighted by molar-refractivity contribution is 5.53. The molecule has 0 aliphatic rings. The van der Waals surface area contributed by atoms with Crippen molar-refractivity contribution in [3.63, 3.8) is 0 Å². The Labute approximate surface area is 82.2 Å². The fourth-order valence-electron chi connectivity index (χ4n) is 1.32. The Balaban J connectivity index is 3.73. The summed E-state index contributed by atoms with van der Waals surface area (Å²) in [6.45, 7) is 12.0. The summed E-state index contributed by atoms with van der Waals surface area (Å²) in [5, 5.41) is 3.14. The fraction of sp³-hybridized carbons (Fsp3) is 0.900. The van der Waals surface area contributed by atoms with Gasteiger partial charge in [0.1, 0.15) is 0 Å². The van der Waals surface area contributed by atoms with Crippen LogP contribution >= 0.6 is 0 Å². The number of hydrogen-bond donors (Lipinski definition) is 1. The normalized spacial score (nSPS) is 12.8. The summed E-state index contributed by atoms with van der Waals surface area (Å²) in [7, 11) is 1.77. The lowest BCUT2D eigenvalue weighted by Gasteiger charge is -2.34. The molecule has 0 bridgehead atoms. The Hall–Kier alpha value is -0.570. The molecule has 0 atom stereocenters. The third-order valence-corrected chi connectivity index (χ3v) is 2.08. The van der Waals surface area contributed by atoms with Crippen LogP contribution < -0.4 is 5.32 Å². The number of rotatable bonds is 5. The van der Waals surface area contributed by atoms with Crippen LogP contribution in [-0.4, -0.2) is 43.5 Å². The van der Waals surface area contributed by atoms with Crippen LogP contribution in [0.25, 0.3) is 0 Å². The molecule has 13 heavy (non-hydrogen) atoms. The third kappa shape index (κ3) is 5.64. The molecule has 78 valence electrons. The quantitative estimate of drug-likeness (QED) is 0.398. The van der Waals surface area contributed by atoms with Crippen LogP contribution in [0.1, 0.15) is 27.7 Å². The van der Waals surface area contributed by atoms with E-state index >= 15 is 0 Å². The molecular formula is C10H23N3. The minimum Gasteiger partial charge on any atom is -0.375 e. The van der Waals surface area contributed by atoms with Crippen molar-refractivity contribution in [3.8, 4) is 0 Å². The molecule has 0 spiro atoms.